The molecule has 3 aromatic rings. The number of methoxy groups -OCH3 is 1. The van der Waals surface area contributed by atoms with Gasteiger partial charge in [-0.25, -0.2) is 9.78 Å². The van der Waals surface area contributed by atoms with Crippen LogP contribution in [0.3, 0.4) is 0 Å². The molecule has 0 fully saturated rings. The maximum Gasteiger partial charge on any atom is 0.315 e. The summed E-state index contributed by atoms with van der Waals surface area (Å²) in [5.74, 6) is 2.16. The van der Waals surface area contributed by atoms with Gasteiger partial charge in [-0.3, -0.25) is 0 Å². The molecule has 0 radical (unpaired) electrons. The molecule has 1 heterocycles. The number of aromatic nitrogens is 2. The highest BCUT2D eigenvalue weighted by molar-refractivity contribution is 5.75. The van der Waals surface area contributed by atoms with Crippen LogP contribution in [0.5, 0.6) is 11.5 Å². The third-order valence-electron chi connectivity index (χ3n) is 4.24. The number of nitrogens with one attached hydrogen (secondary N) is 2. The molecule has 7 heteroatoms. The lowest BCUT2D eigenvalue weighted by Gasteiger charge is -2.21. The smallest absolute Gasteiger partial charge is 0.315 e. The van der Waals surface area contributed by atoms with Crippen LogP contribution >= 0.6 is 0 Å². The first-order chi connectivity index (χ1) is 13.7. The first-order valence-corrected chi connectivity index (χ1v) is 9.01. The summed E-state index contributed by atoms with van der Waals surface area (Å²) in [5.41, 5.74) is 0.829. The number of para-hydroxylation sites is 2. The van der Waals surface area contributed by atoms with Gasteiger partial charge in [0.25, 0.3) is 0 Å². The van der Waals surface area contributed by atoms with Crippen LogP contribution in [0.25, 0.3) is 0 Å². The van der Waals surface area contributed by atoms with Crippen LogP contribution in [-0.2, 0) is 7.05 Å². The fourth-order valence-electron chi connectivity index (χ4n) is 2.87. The summed E-state index contributed by atoms with van der Waals surface area (Å²) in [6.07, 6.45) is 3.54. The number of urea groups is 1. The number of aryl methyl sites for hydroxylation is 1. The van der Waals surface area contributed by atoms with Gasteiger partial charge in [-0.15, -0.1) is 0 Å². The molecule has 2 aromatic carbocycles. The van der Waals surface area contributed by atoms with Gasteiger partial charge in [-0.1, -0.05) is 36.4 Å². The maximum absolute atomic E-state index is 12.5. The first-order valence-electron chi connectivity index (χ1n) is 9.01. The molecule has 1 atom stereocenters. The van der Waals surface area contributed by atoms with E-state index < -0.39 is 6.04 Å². The molecule has 0 bridgehead atoms. The zero-order chi connectivity index (χ0) is 19.8. The van der Waals surface area contributed by atoms with Gasteiger partial charge in [-0.05, 0) is 18.2 Å². The van der Waals surface area contributed by atoms with E-state index in [0.717, 1.165) is 11.3 Å². The molecule has 1 unspecified atom stereocenters. The van der Waals surface area contributed by atoms with Gasteiger partial charge in [0.05, 0.1) is 13.7 Å². The van der Waals surface area contributed by atoms with Crippen molar-refractivity contribution < 1.29 is 14.3 Å². The van der Waals surface area contributed by atoms with Crippen molar-refractivity contribution in [3.8, 4) is 11.5 Å². The number of hydrogen-bond donors (Lipinski definition) is 2. The minimum absolute atomic E-state index is 0.310. The molecule has 2 amide bonds. The quantitative estimate of drug-likeness (QED) is 0.589. The van der Waals surface area contributed by atoms with Gasteiger partial charge in [0.1, 0.15) is 30.0 Å². The summed E-state index contributed by atoms with van der Waals surface area (Å²) in [5, 5.41) is 5.80. The fraction of sp³-hybridized carbons (Fsp3) is 0.238. The van der Waals surface area contributed by atoms with Crippen LogP contribution in [0.2, 0.25) is 0 Å². The Labute approximate surface area is 164 Å². The summed E-state index contributed by atoms with van der Waals surface area (Å²) in [6.45, 7) is 0.749. The van der Waals surface area contributed by atoms with Crippen molar-refractivity contribution in [1.29, 1.82) is 0 Å². The lowest BCUT2D eigenvalue weighted by atomic mass is 10.0. The van der Waals surface area contributed by atoms with Crippen molar-refractivity contribution in [1.82, 2.24) is 20.2 Å². The molecule has 7 nitrogen and oxygen atoms in total. The number of ether oxygens (including phenoxy) is 2. The second-order valence-electron chi connectivity index (χ2n) is 6.13. The zero-order valence-corrected chi connectivity index (χ0v) is 16.0. The Morgan fingerprint density at radius 2 is 1.89 bits per heavy atom. The molecule has 0 aliphatic carbocycles. The lowest BCUT2D eigenvalue weighted by Crippen LogP contribution is -2.40. The predicted octanol–water partition coefficient (Wildman–Crippen LogP) is 2.90. The minimum atomic E-state index is -0.453. The van der Waals surface area contributed by atoms with E-state index in [2.05, 4.69) is 15.6 Å². The van der Waals surface area contributed by atoms with Crippen molar-refractivity contribution in [3.05, 3.63) is 78.4 Å². The number of rotatable bonds is 8. The highest BCUT2D eigenvalue weighted by Gasteiger charge is 2.23. The predicted molar refractivity (Wildman–Crippen MR) is 107 cm³/mol. The van der Waals surface area contributed by atoms with Gasteiger partial charge >= 0.3 is 6.03 Å². The highest BCUT2D eigenvalue weighted by atomic mass is 16.5. The Morgan fingerprint density at radius 1 is 1.14 bits per heavy atom. The van der Waals surface area contributed by atoms with E-state index in [1.54, 1.807) is 13.3 Å². The van der Waals surface area contributed by atoms with Crippen molar-refractivity contribution in [2.45, 2.75) is 6.04 Å². The Morgan fingerprint density at radius 3 is 2.61 bits per heavy atom. The summed E-state index contributed by atoms with van der Waals surface area (Å²) in [7, 11) is 3.49. The van der Waals surface area contributed by atoms with Gasteiger partial charge in [0.15, 0.2) is 0 Å². The number of amides is 2. The molecule has 3 rings (SSSR count). The molecule has 146 valence electrons. The largest absolute Gasteiger partial charge is 0.496 e. The topological polar surface area (TPSA) is 77.4 Å². The minimum Gasteiger partial charge on any atom is -0.496 e. The van der Waals surface area contributed by atoms with Crippen LogP contribution in [-0.4, -0.2) is 35.8 Å². The van der Waals surface area contributed by atoms with E-state index in [9.17, 15) is 4.79 Å². The van der Waals surface area contributed by atoms with E-state index >= 15 is 0 Å². The molecule has 0 aliphatic heterocycles. The number of carbonyl (C=O) groups excluding carboxylic acids is 1. The number of carbonyl (C=O) groups is 1. The molecule has 28 heavy (non-hydrogen) atoms. The summed E-state index contributed by atoms with van der Waals surface area (Å²) in [4.78, 5) is 16.9. The van der Waals surface area contributed by atoms with Crippen molar-refractivity contribution in [3.63, 3.8) is 0 Å². The van der Waals surface area contributed by atoms with E-state index in [-0.39, 0.29) is 6.03 Å². The number of imidazole rings is 1. The van der Waals surface area contributed by atoms with Gasteiger partial charge < -0.3 is 24.7 Å². The molecule has 0 saturated heterocycles. The second-order valence-corrected chi connectivity index (χ2v) is 6.13. The monoisotopic (exact) mass is 380 g/mol. The molecule has 0 aliphatic rings. The third kappa shape index (κ3) is 4.82. The van der Waals surface area contributed by atoms with Crippen molar-refractivity contribution in [2.75, 3.05) is 20.3 Å². The summed E-state index contributed by atoms with van der Waals surface area (Å²) >= 11 is 0. The Bertz CT molecular complexity index is 895. The van der Waals surface area contributed by atoms with E-state index in [0.29, 0.717) is 24.7 Å². The zero-order valence-electron chi connectivity index (χ0n) is 16.0. The van der Waals surface area contributed by atoms with E-state index in [4.69, 9.17) is 9.47 Å². The molecule has 0 saturated carbocycles. The fourth-order valence-corrected chi connectivity index (χ4v) is 2.87. The first kappa shape index (κ1) is 19.3. The van der Waals surface area contributed by atoms with Crippen LogP contribution in [0.15, 0.2) is 67.0 Å². The molecular formula is C21H24N4O3. The molecular weight excluding hydrogens is 356 g/mol. The standard InChI is InChI=1S/C21H24N4O3/c1-25-14-12-22-20(25)19(17-10-6-7-11-18(17)27-2)24-21(26)23-13-15-28-16-8-4-3-5-9-16/h3-12,14,19H,13,15H2,1-2H3,(H2,23,24,26). The van der Waals surface area contributed by atoms with E-state index in [1.165, 1.54) is 0 Å². The number of benzene rings is 2. The SMILES string of the molecule is COc1ccccc1C(NC(=O)NCCOc1ccccc1)c1nccn1C. The van der Waals surface area contributed by atoms with Crippen molar-refractivity contribution in [2.24, 2.45) is 7.05 Å². The highest BCUT2D eigenvalue weighted by Crippen LogP contribution is 2.28. The van der Waals surface area contributed by atoms with Crippen LogP contribution < -0.4 is 20.1 Å². The summed E-state index contributed by atoms with van der Waals surface area (Å²) < 4.78 is 12.9. The molecule has 0 spiro atoms. The average molecular weight is 380 g/mol. The van der Waals surface area contributed by atoms with E-state index in [1.807, 2.05) is 72.4 Å². The molecule has 1 aromatic heterocycles. The van der Waals surface area contributed by atoms with Gasteiger partial charge in [-0.2, -0.15) is 0 Å². The van der Waals surface area contributed by atoms with Crippen LogP contribution in [0.4, 0.5) is 4.79 Å². The number of nitrogens with zero attached hydrogens (tertiary/aromatic N) is 2. The Kier molecular flexibility index (Phi) is 6.51. The normalized spacial score (nSPS) is 11.5. The average Bonchev–Trinajstić information content (AvgIpc) is 3.16. The Balaban J connectivity index is 1.64. The summed E-state index contributed by atoms with van der Waals surface area (Å²) in [6, 6.07) is 16.3. The van der Waals surface area contributed by atoms with Crippen molar-refractivity contribution >= 4 is 6.03 Å². The number of hydrogen-bond acceptors (Lipinski definition) is 4. The van der Waals surface area contributed by atoms with Crippen LogP contribution in [0, 0.1) is 0 Å². The lowest BCUT2D eigenvalue weighted by molar-refractivity contribution is 0.233. The maximum atomic E-state index is 12.5. The van der Waals surface area contributed by atoms with Crippen LogP contribution in [0.1, 0.15) is 17.4 Å². The Hall–Kier alpha value is -3.48. The third-order valence-corrected chi connectivity index (χ3v) is 4.24. The van der Waals surface area contributed by atoms with Gasteiger partial charge in [0.2, 0.25) is 0 Å². The molecule has 2 N–H and O–H groups in total. The second kappa shape index (κ2) is 9.45. The van der Waals surface area contributed by atoms with Gasteiger partial charge in [0, 0.05) is 25.0 Å².